The molecule has 2 aromatic heterocycles. The number of carbonyl (C=O) groups is 4. The summed E-state index contributed by atoms with van der Waals surface area (Å²) in [4.78, 5) is 63.9. The van der Waals surface area contributed by atoms with Crippen LogP contribution < -0.4 is 20.4 Å². The Balaban J connectivity index is 0.000000194. The number of hydrogen-bond acceptors (Lipinski definition) is 10. The topological polar surface area (TPSA) is 131 Å². The summed E-state index contributed by atoms with van der Waals surface area (Å²) in [7, 11) is 0. The number of hydrogen-bond donors (Lipinski definition) is 2. The molecule has 4 amide bonds. The van der Waals surface area contributed by atoms with Gasteiger partial charge in [-0.05, 0) is 48.2 Å². The number of nitrogens with one attached hydrogen (secondary N) is 2. The van der Waals surface area contributed by atoms with E-state index in [1.807, 2.05) is 81.5 Å². The summed E-state index contributed by atoms with van der Waals surface area (Å²) in [5.74, 6) is 0.231. The van der Waals surface area contributed by atoms with E-state index in [2.05, 4.69) is 30.4 Å². The highest BCUT2D eigenvalue weighted by molar-refractivity contribution is 7.13. The molecular weight excluding hydrogens is 673 g/mol. The number of carbonyl (C=O) groups excluding carboxylic acids is 4. The second kappa shape index (κ2) is 18.3. The lowest BCUT2D eigenvalue weighted by atomic mass is 10.1. The van der Waals surface area contributed by atoms with Gasteiger partial charge >= 0.3 is 0 Å². The molecule has 0 aliphatic carbocycles. The first-order valence-electron chi connectivity index (χ1n) is 16.8. The predicted molar refractivity (Wildman–Crippen MR) is 200 cm³/mol. The van der Waals surface area contributed by atoms with E-state index in [-0.39, 0.29) is 23.6 Å². The maximum absolute atomic E-state index is 12.4. The minimum atomic E-state index is -0.0835. The molecule has 0 atom stereocenters. The first kappa shape index (κ1) is 36.5. The summed E-state index contributed by atoms with van der Waals surface area (Å²) in [6.45, 7) is 9.33. The number of aromatic nitrogens is 2. The van der Waals surface area contributed by atoms with Crippen molar-refractivity contribution in [3.05, 3.63) is 82.8 Å². The van der Waals surface area contributed by atoms with E-state index in [4.69, 9.17) is 0 Å². The molecule has 4 heterocycles. The Morgan fingerprint density at radius 3 is 1.24 bits per heavy atom. The Hall–Kier alpha value is -4.82. The average molecular weight is 717 g/mol. The second-order valence-electron chi connectivity index (χ2n) is 12.1. The van der Waals surface area contributed by atoms with Crippen molar-refractivity contribution in [2.24, 2.45) is 0 Å². The molecular formula is C36H44N8O4S2. The minimum absolute atomic E-state index is 0.0835. The highest BCUT2D eigenvalue weighted by atomic mass is 32.1. The molecule has 2 saturated heterocycles. The van der Waals surface area contributed by atoms with Crippen molar-refractivity contribution in [3.63, 3.8) is 0 Å². The van der Waals surface area contributed by atoms with E-state index in [9.17, 15) is 19.2 Å². The fourth-order valence-corrected chi connectivity index (χ4v) is 7.17. The van der Waals surface area contributed by atoms with Crippen molar-refractivity contribution < 1.29 is 19.2 Å². The number of piperazine rings is 2. The van der Waals surface area contributed by atoms with Crippen molar-refractivity contribution in [1.82, 2.24) is 19.8 Å². The maximum Gasteiger partial charge on any atom is 0.223 e. The zero-order valence-electron chi connectivity index (χ0n) is 28.5. The SMILES string of the molecule is CC(=O)Nc1ccc(CCC(=O)N2CCN(c3nccs3)CC2)cc1.CC(=O)Nc1ccc(CCC(=O)N2CCN(c3nccs3)CC2)cc1. The van der Waals surface area contributed by atoms with Crippen molar-refractivity contribution in [2.45, 2.75) is 39.5 Å². The zero-order valence-corrected chi connectivity index (χ0v) is 30.2. The van der Waals surface area contributed by atoms with Crippen LogP contribution in [0.4, 0.5) is 21.6 Å². The number of nitrogens with zero attached hydrogens (tertiary/aromatic N) is 6. The van der Waals surface area contributed by atoms with Crippen LogP contribution in [0.15, 0.2) is 71.7 Å². The van der Waals surface area contributed by atoms with Crippen LogP contribution in [0.3, 0.4) is 0 Å². The molecule has 2 aromatic carbocycles. The van der Waals surface area contributed by atoms with Crippen LogP contribution in [0.25, 0.3) is 0 Å². The molecule has 0 bridgehead atoms. The monoisotopic (exact) mass is 716 g/mol. The van der Waals surface area contributed by atoms with E-state index in [0.29, 0.717) is 25.7 Å². The summed E-state index contributed by atoms with van der Waals surface area (Å²) in [5.41, 5.74) is 3.76. The van der Waals surface area contributed by atoms with Crippen LogP contribution in [-0.2, 0) is 32.0 Å². The number of amides is 4. The van der Waals surface area contributed by atoms with Gasteiger partial charge in [-0.3, -0.25) is 19.2 Å². The van der Waals surface area contributed by atoms with Gasteiger partial charge < -0.3 is 30.2 Å². The molecule has 0 spiro atoms. The molecule has 264 valence electrons. The predicted octanol–water partition coefficient (Wildman–Crippen LogP) is 4.77. The second-order valence-corrected chi connectivity index (χ2v) is 13.9. The standard InChI is InChI=1S/2C18H22N4O2S/c2*1-14(23)20-16-5-2-15(3-6-16)4-7-17(24)21-9-11-22(12-10-21)18-19-8-13-25-18/h2*2-3,5-6,8,13H,4,7,9-12H2,1H3,(H,20,23). The Kier molecular flexibility index (Phi) is 13.3. The molecule has 2 N–H and O–H groups in total. The third-order valence-corrected chi connectivity index (χ3v) is 10.1. The van der Waals surface area contributed by atoms with E-state index in [1.54, 1.807) is 22.7 Å². The molecule has 2 aliphatic rings. The molecule has 4 aromatic rings. The number of aryl methyl sites for hydroxylation is 2. The summed E-state index contributed by atoms with van der Waals surface area (Å²) in [6.07, 6.45) is 6.08. The molecule has 12 nitrogen and oxygen atoms in total. The van der Waals surface area contributed by atoms with Gasteiger partial charge in [-0.1, -0.05) is 24.3 Å². The van der Waals surface area contributed by atoms with Gasteiger partial charge in [0.2, 0.25) is 23.6 Å². The van der Waals surface area contributed by atoms with Crippen molar-refractivity contribution in [1.29, 1.82) is 0 Å². The smallest absolute Gasteiger partial charge is 0.223 e. The lowest BCUT2D eigenvalue weighted by Crippen LogP contribution is -2.48. The lowest BCUT2D eigenvalue weighted by Gasteiger charge is -2.34. The van der Waals surface area contributed by atoms with Crippen LogP contribution in [0.1, 0.15) is 37.8 Å². The van der Waals surface area contributed by atoms with Crippen LogP contribution in [0, 0.1) is 0 Å². The summed E-state index contributed by atoms with van der Waals surface area (Å²) in [5, 5.41) is 11.5. The van der Waals surface area contributed by atoms with Gasteiger partial charge in [0.1, 0.15) is 0 Å². The van der Waals surface area contributed by atoms with Gasteiger partial charge in [-0.2, -0.15) is 0 Å². The summed E-state index contributed by atoms with van der Waals surface area (Å²) < 4.78 is 0. The molecule has 0 radical (unpaired) electrons. The number of rotatable bonds is 10. The minimum Gasteiger partial charge on any atom is -0.345 e. The number of thiazole rings is 2. The fourth-order valence-electron chi connectivity index (χ4n) is 5.77. The molecule has 6 rings (SSSR count). The van der Waals surface area contributed by atoms with Gasteiger partial charge in [-0.15, -0.1) is 22.7 Å². The Morgan fingerprint density at radius 1 is 0.580 bits per heavy atom. The van der Waals surface area contributed by atoms with E-state index < -0.39 is 0 Å². The van der Waals surface area contributed by atoms with Crippen LogP contribution in [0.5, 0.6) is 0 Å². The molecule has 0 unspecified atom stereocenters. The van der Waals surface area contributed by atoms with E-state index in [1.165, 1.54) is 13.8 Å². The summed E-state index contributed by atoms with van der Waals surface area (Å²) >= 11 is 3.27. The quantitative estimate of drug-likeness (QED) is 0.240. The first-order valence-corrected chi connectivity index (χ1v) is 18.6. The average Bonchev–Trinajstić information content (AvgIpc) is 3.87. The third-order valence-electron chi connectivity index (χ3n) is 8.45. The van der Waals surface area contributed by atoms with Crippen LogP contribution in [0.2, 0.25) is 0 Å². The van der Waals surface area contributed by atoms with Gasteiger partial charge in [0.25, 0.3) is 0 Å². The third kappa shape index (κ3) is 11.1. The Morgan fingerprint density at radius 2 is 0.940 bits per heavy atom. The van der Waals surface area contributed by atoms with Gasteiger partial charge in [-0.25, -0.2) is 9.97 Å². The van der Waals surface area contributed by atoms with Gasteiger partial charge in [0.15, 0.2) is 10.3 Å². The van der Waals surface area contributed by atoms with Crippen molar-refractivity contribution in [3.8, 4) is 0 Å². The van der Waals surface area contributed by atoms with Crippen molar-refractivity contribution in [2.75, 3.05) is 72.8 Å². The van der Waals surface area contributed by atoms with E-state index in [0.717, 1.165) is 85.1 Å². The highest BCUT2D eigenvalue weighted by Gasteiger charge is 2.23. The first-order chi connectivity index (χ1) is 24.2. The lowest BCUT2D eigenvalue weighted by molar-refractivity contribution is -0.132. The van der Waals surface area contributed by atoms with Crippen LogP contribution in [-0.4, -0.2) is 95.8 Å². The zero-order chi connectivity index (χ0) is 35.3. The Bertz CT molecular complexity index is 1540. The highest BCUT2D eigenvalue weighted by Crippen LogP contribution is 2.21. The largest absolute Gasteiger partial charge is 0.345 e. The van der Waals surface area contributed by atoms with Gasteiger partial charge in [0, 0.05) is 114 Å². The Labute approximate surface area is 301 Å². The molecule has 50 heavy (non-hydrogen) atoms. The molecule has 2 aliphatic heterocycles. The van der Waals surface area contributed by atoms with Crippen LogP contribution >= 0.6 is 22.7 Å². The fraction of sp³-hybridized carbons (Fsp3) is 0.389. The van der Waals surface area contributed by atoms with E-state index >= 15 is 0 Å². The van der Waals surface area contributed by atoms with Gasteiger partial charge in [0.05, 0.1) is 0 Å². The molecule has 0 saturated carbocycles. The normalized spacial score (nSPS) is 14.4. The number of anilines is 4. The summed E-state index contributed by atoms with van der Waals surface area (Å²) in [6, 6.07) is 15.3. The molecule has 14 heteroatoms. The van der Waals surface area contributed by atoms with Crippen molar-refractivity contribution >= 4 is 67.9 Å². The molecule has 2 fully saturated rings. The maximum atomic E-state index is 12.4. The number of benzene rings is 2.